The van der Waals surface area contributed by atoms with Crippen molar-refractivity contribution < 1.29 is 0 Å². The molecule has 0 saturated carbocycles. The van der Waals surface area contributed by atoms with Crippen molar-refractivity contribution in [2.75, 3.05) is 14.1 Å². The predicted molar refractivity (Wildman–Crippen MR) is 111 cm³/mol. The number of aliphatic imine (C=N–C) groups is 2. The molecule has 0 bridgehead atoms. The van der Waals surface area contributed by atoms with E-state index >= 15 is 0 Å². The molecule has 2 unspecified atom stereocenters. The number of rotatable bonds is 0. The zero-order valence-electron chi connectivity index (χ0n) is 16.1. The van der Waals surface area contributed by atoms with Crippen molar-refractivity contribution in [1.29, 1.82) is 0 Å². The van der Waals surface area contributed by atoms with E-state index in [-0.39, 0.29) is 6.04 Å². The van der Waals surface area contributed by atoms with Gasteiger partial charge in [0.05, 0.1) is 23.1 Å². The highest BCUT2D eigenvalue weighted by molar-refractivity contribution is 5.79. The second-order valence-electron chi connectivity index (χ2n) is 7.15. The average molecular weight is 348 g/mol. The standard InChI is InChI=1S/C22H28N4/c1-17-10-11-20-22(14-17)25(3)13-7-12-23-19-8-5-6-9-21(19)26(4)16-18(2)15-24-20/h5-8,11-17,21H,9-10H2,1-4H3. The average Bonchev–Trinajstić information content (AvgIpc) is 2.63. The van der Waals surface area contributed by atoms with Gasteiger partial charge in [0.25, 0.3) is 0 Å². The first kappa shape index (κ1) is 18.2. The topological polar surface area (TPSA) is 31.2 Å². The van der Waals surface area contributed by atoms with Gasteiger partial charge in [-0.25, -0.2) is 0 Å². The van der Waals surface area contributed by atoms with E-state index in [0.717, 1.165) is 35.5 Å². The van der Waals surface area contributed by atoms with Gasteiger partial charge >= 0.3 is 0 Å². The van der Waals surface area contributed by atoms with E-state index in [4.69, 9.17) is 9.98 Å². The molecule has 0 fully saturated rings. The first-order valence-electron chi connectivity index (χ1n) is 9.22. The van der Waals surface area contributed by atoms with Crippen molar-refractivity contribution in [3.8, 4) is 0 Å². The molecule has 4 nitrogen and oxygen atoms in total. The third-order valence-corrected chi connectivity index (χ3v) is 4.80. The van der Waals surface area contributed by atoms with Gasteiger partial charge in [-0.2, -0.15) is 0 Å². The van der Waals surface area contributed by atoms with Crippen LogP contribution in [0.25, 0.3) is 0 Å². The summed E-state index contributed by atoms with van der Waals surface area (Å²) < 4.78 is 0. The quantitative estimate of drug-likeness (QED) is 0.648. The summed E-state index contributed by atoms with van der Waals surface area (Å²) in [5, 5.41) is 0. The summed E-state index contributed by atoms with van der Waals surface area (Å²) in [6.45, 7) is 4.33. The molecule has 0 saturated heterocycles. The smallest absolute Gasteiger partial charge is 0.0823 e. The number of nitrogens with zero attached hydrogens (tertiary/aromatic N) is 4. The molecule has 136 valence electrons. The lowest BCUT2D eigenvalue weighted by molar-refractivity contribution is 0.365. The van der Waals surface area contributed by atoms with Crippen molar-refractivity contribution in [1.82, 2.24) is 9.80 Å². The highest BCUT2D eigenvalue weighted by Gasteiger charge is 2.18. The molecule has 4 heteroatoms. The lowest BCUT2D eigenvalue weighted by atomic mass is 9.99. The van der Waals surface area contributed by atoms with E-state index in [2.05, 4.69) is 74.3 Å². The Morgan fingerprint density at radius 2 is 1.96 bits per heavy atom. The van der Waals surface area contributed by atoms with Crippen LogP contribution in [-0.4, -0.2) is 42.4 Å². The van der Waals surface area contributed by atoms with Crippen LogP contribution in [0.15, 0.2) is 81.5 Å². The van der Waals surface area contributed by atoms with Gasteiger partial charge in [-0.3, -0.25) is 9.98 Å². The number of fused-ring (bicyclic) bond motifs is 2. The summed E-state index contributed by atoms with van der Waals surface area (Å²) in [6.07, 6.45) is 22.9. The predicted octanol–water partition coefficient (Wildman–Crippen LogP) is 4.44. The van der Waals surface area contributed by atoms with E-state index in [1.165, 1.54) is 0 Å². The summed E-state index contributed by atoms with van der Waals surface area (Å²) in [7, 11) is 4.16. The van der Waals surface area contributed by atoms with Gasteiger partial charge in [-0.1, -0.05) is 31.2 Å². The van der Waals surface area contributed by atoms with Crippen LogP contribution < -0.4 is 0 Å². The summed E-state index contributed by atoms with van der Waals surface area (Å²) >= 11 is 0. The van der Waals surface area contributed by atoms with Crippen LogP contribution in [0.4, 0.5) is 0 Å². The maximum absolute atomic E-state index is 4.77. The molecular weight excluding hydrogens is 320 g/mol. The molecule has 2 atom stereocenters. The maximum atomic E-state index is 4.77. The molecule has 3 aliphatic rings. The zero-order valence-corrected chi connectivity index (χ0v) is 16.1. The van der Waals surface area contributed by atoms with Crippen LogP contribution in [0.3, 0.4) is 0 Å². The molecule has 26 heavy (non-hydrogen) atoms. The molecule has 0 amide bonds. The number of likely N-dealkylation sites (N-methyl/N-ethyl adjacent to an activating group) is 2. The summed E-state index contributed by atoms with van der Waals surface area (Å²) in [5.41, 5.74) is 4.37. The van der Waals surface area contributed by atoms with Crippen molar-refractivity contribution in [3.05, 3.63) is 71.5 Å². The fourth-order valence-corrected chi connectivity index (χ4v) is 3.34. The lowest BCUT2D eigenvalue weighted by Crippen LogP contribution is -2.29. The van der Waals surface area contributed by atoms with Crippen LogP contribution in [-0.2, 0) is 0 Å². The van der Waals surface area contributed by atoms with E-state index in [1.54, 1.807) is 0 Å². The number of allylic oxidation sites excluding steroid dienone is 6. The first-order valence-corrected chi connectivity index (χ1v) is 9.22. The van der Waals surface area contributed by atoms with Crippen LogP contribution in [0, 0.1) is 5.92 Å². The second kappa shape index (κ2) is 8.17. The van der Waals surface area contributed by atoms with Crippen molar-refractivity contribution >= 4 is 12.4 Å². The Morgan fingerprint density at radius 1 is 1.12 bits per heavy atom. The molecule has 2 aliphatic carbocycles. The first-order chi connectivity index (χ1) is 12.5. The Bertz CT molecular complexity index is 774. The fourth-order valence-electron chi connectivity index (χ4n) is 3.34. The highest BCUT2D eigenvalue weighted by atomic mass is 15.1. The summed E-state index contributed by atoms with van der Waals surface area (Å²) in [4.78, 5) is 13.8. The third kappa shape index (κ3) is 4.31. The van der Waals surface area contributed by atoms with Crippen molar-refractivity contribution in [3.63, 3.8) is 0 Å². The number of hydrogen-bond donors (Lipinski definition) is 0. The van der Waals surface area contributed by atoms with Gasteiger partial charge < -0.3 is 9.80 Å². The molecule has 0 aromatic rings. The molecule has 1 heterocycles. The molecule has 0 spiro atoms. The molecular formula is C22H28N4. The van der Waals surface area contributed by atoms with Gasteiger partial charge in [0.1, 0.15) is 0 Å². The van der Waals surface area contributed by atoms with Crippen LogP contribution in [0.2, 0.25) is 0 Å². The Labute approximate surface area is 157 Å². The molecule has 1 aliphatic heterocycles. The third-order valence-electron chi connectivity index (χ3n) is 4.80. The van der Waals surface area contributed by atoms with Gasteiger partial charge in [-0.05, 0) is 43.4 Å². The summed E-state index contributed by atoms with van der Waals surface area (Å²) in [5.74, 6) is 0.523. The highest BCUT2D eigenvalue weighted by Crippen LogP contribution is 2.26. The molecule has 0 aromatic carbocycles. The van der Waals surface area contributed by atoms with E-state index < -0.39 is 0 Å². The maximum Gasteiger partial charge on any atom is 0.0823 e. The van der Waals surface area contributed by atoms with Crippen molar-refractivity contribution in [2.24, 2.45) is 15.9 Å². The van der Waals surface area contributed by atoms with E-state index in [1.807, 2.05) is 24.7 Å². The van der Waals surface area contributed by atoms with Gasteiger partial charge in [0, 0.05) is 38.9 Å². The lowest BCUT2D eigenvalue weighted by Gasteiger charge is -2.28. The van der Waals surface area contributed by atoms with Gasteiger partial charge in [0.15, 0.2) is 0 Å². The molecule has 3 rings (SSSR count). The zero-order chi connectivity index (χ0) is 18.5. The second-order valence-corrected chi connectivity index (χ2v) is 7.15. The van der Waals surface area contributed by atoms with Crippen LogP contribution in [0.5, 0.6) is 0 Å². The minimum absolute atomic E-state index is 0.249. The van der Waals surface area contributed by atoms with Crippen molar-refractivity contribution in [2.45, 2.75) is 32.7 Å². The minimum atomic E-state index is 0.249. The molecule has 0 aromatic heterocycles. The SMILES string of the molecule is CC1=CN(C)C2CC=CC=C2N=CC=CN(C)C2=CC(C)CC=C2N=C1. The minimum Gasteiger partial charge on any atom is -0.371 e. The van der Waals surface area contributed by atoms with E-state index in [9.17, 15) is 0 Å². The molecule has 0 radical (unpaired) electrons. The Kier molecular flexibility index (Phi) is 5.71. The van der Waals surface area contributed by atoms with Crippen LogP contribution >= 0.6 is 0 Å². The fraction of sp³-hybridized carbons (Fsp3) is 0.364. The van der Waals surface area contributed by atoms with E-state index in [0.29, 0.717) is 5.92 Å². The Hall–Kier alpha value is -2.62. The number of hydrogen-bond acceptors (Lipinski definition) is 4. The summed E-state index contributed by atoms with van der Waals surface area (Å²) in [6, 6.07) is 0.249. The van der Waals surface area contributed by atoms with Gasteiger partial charge in [0.2, 0.25) is 0 Å². The Balaban J connectivity index is 1.98. The monoisotopic (exact) mass is 348 g/mol. The van der Waals surface area contributed by atoms with Gasteiger partial charge in [-0.15, -0.1) is 0 Å². The normalized spacial score (nSPS) is 26.3. The largest absolute Gasteiger partial charge is 0.371 e. The Morgan fingerprint density at radius 3 is 2.81 bits per heavy atom. The van der Waals surface area contributed by atoms with Crippen LogP contribution in [0.1, 0.15) is 26.7 Å². The molecule has 0 N–H and O–H groups in total.